The molecule has 2 rings (SSSR count). The standard InChI is InChI=1S/2C6H7.C3H6.2ClH.Hf/c2*1-6-4-2-3-5-6;1-3-2;;;/h2*2,4H,3H2,1H3;1-2H3;2*1H;/q2*-1;;;;+2/p-2. The van der Waals surface area contributed by atoms with Gasteiger partial charge in [0.15, 0.2) is 0 Å². The summed E-state index contributed by atoms with van der Waals surface area (Å²) in [5.41, 5.74) is 2.55. The van der Waals surface area contributed by atoms with Crippen LogP contribution in [-0.4, -0.2) is 3.26 Å². The average Bonchev–Trinajstić information content (AvgIpc) is 2.78. The first kappa shape index (κ1) is 23.4. The minimum absolute atomic E-state index is 0. The van der Waals surface area contributed by atoms with Crippen molar-refractivity contribution in [2.75, 3.05) is 0 Å². The molecule has 0 saturated carbocycles. The second-order valence-electron chi connectivity index (χ2n) is 3.93. The normalized spacial score (nSPS) is 13.9. The van der Waals surface area contributed by atoms with E-state index in [0.717, 1.165) is 12.8 Å². The quantitative estimate of drug-likeness (QED) is 0.301. The first-order valence-electron chi connectivity index (χ1n) is 5.52. The molecular formula is C15H20Cl2Hf-2. The van der Waals surface area contributed by atoms with E-state index in [1.54, 1.807) is 3.26 Å². The molecule has 0 unspecified atom stereocenters. The summed E-state index contributed by atoms with van der Waals surface area (Å²) in [4.78, 5) is 0. The molecule has 0 fully saturated rings. The molecule has 18 heavy (non-hydrogen) atoms. The summed E-state index contributed by atoms with van der Waals surface area (Å²) in [6, 6.07) is 0. The molecule has 0 aromatic heterocycles. The smallest absolute Gasteiger partial charge is 1.00 e. The molecule has 0 saturated heterocycles. The zero-order chi connectivity index (χ0) is 12.4. The molecule has 0 nitrogen and oxygen atoms in total. The van der Waals surface area contributed by atoms with Crippen molar-refractivity contribution in [3.63, 3.8) is 0 Å². The molecule has 2 aliphatic carbocycles. The van der Waals surface area contributed by atoms with Crippen LogP contribution in [0.15, 0.2) is 35.5 Å². The van der Waals surface area contributed by atoms with Gasteiger partial charge in [-0.1, -0.05) is 13.8 Å². The fourth-order valence-corrected chi connectivity index (χ4v) is 1.03. The third-order valence-electron chi connectivity index (χ3n) is 1.73. The van der Waals surface area contributed by atoms with Crippen LogP contribution in [0, 0.1) is 12.2 Å². The van der Waals surface area contributed by atoms with Crippen molar-refractivity contribution in [3.05, 3.63) is 47.6 Å². The topological polar surface area (TPSA) is 0 Å². The van der Waals surface area contributed by atoms with Gasteiger partial charge in [0.1, 0.15) is 0 Å². The van der Waals surface area contributed by atoms with Gasteiger partial charge in [-0.25, -0.2) is 23.3 Å². The van der Waals surface area contributed by atoms with E-state index in [1.807, 2.05) is 0 Å². The molecule has 0 bridgehead atoms. The molecule has 100 valence electrons. The third kappa shape index (κ3) is 18.6. The molecule has 0 N–H and O–H groups in total. The van der Waals surface area contributed by atoms with Gasteiger partial charge in [-0.05, 0) is 0 Å². The number of hydrogen-bond acceptors (Lipinski definition) is 0. The summed E-state index contributed by atoms with van der Waals surface area (Å²) in [5, 5.41) is 0. The van der Waals surface area contributed by atoms with E-state index in [1.165, 1.54) is 35.0 Å². The van der Waals surface area contributed by atoms with Crippen molar-refractivity contribution < 1.29 is 48.7 Å². The number of allylic oxidation sites excluding steroid dienone is 8. The van der Waals surface area contributed by atoms with E-state index in [4.69, 9.17) is 0 Å². The Morgan fingerprint density at radius 3 is 1.28 bits per heavy atom. The number of hydrogen-bond donors (Lipinski definition) is 0. The Labute approximate surface area is 139 Å². The minimum Gasteiger partial charge on any atom is -1.00 e. The van der Waals surface area contributed by atoms with E-state index >= 15 is 0 Å². The van der Waals surface area contributed by atoms with Crippen LogP contribution in [0.3, 0.4) is 0 Å². The van der Waals surface area contributed by atoms with Crippen LogP contribution < -0.4 is 24.8 Å². The van der Waals surface area contributed by atoms with Crippen LogP contribution in [0.25, 0.3) is 0 Å². The molecule has 0 aliphatic heterocycles. The summed E-state index contributed by atoms with van der Waals surface area (Å²) < 4.78 is 1.56. The van der Waals surface area contributed by atoms with Gasteiger partial charge in [-0.15, -0.1) is 12.8 Å². The first-order chi connectivity index (χ1) is 7.52. The van der Waals surface area contributed by atoms with Gasteiger partial charge in [0.25, 0.3) is 0 Å². The second kappa shape index (κ2) is 15.3. The molecular weight excluding hydrogens is 430 g/mol. The Morgan fingerprint density at radius 2 is 1.22 bits per heavy atom. The van der Waals surface area contributed by atoms with Crippen LogP contribution in [0.1, 0.15) is 40.5 Å². The van der Waals surface area contributed by atoms with Crippen LogP contribution >= 0.6 is 0 Å². The van der Waals surface area contributed by atoms with E-state index in [2.05, 4.69) is 64.2 Å². The second-order valence-corrected chi connectivity index (χ2v) is 7.53. The minimum atomic E-state index is 0. The van der Waals surface area contributed by atoms with E-state index in [9.17, 15) is 0 Å². The molecule has 0 heterocycles. The maximum atomic E-state index is 3.12. The van der Waals surface area contributed by atoms with Crippen LogP contribution in [0.4, 0.5) is 0 Å². The van der Waals surface area contributed by atoms with Crippen molar-refractivity contribution in [1.29, 1.82) is 0 Å². The van der Waals surface area contributed by atoms with Crippen molar-refractivity contribution in [1.82, 2.24) is 0 Å². The summed E-state index contributed by atoms with van der Waals surface area (Å²) in [7, 11) is 0. The largest absolute Gasteiger partial charge is 1.00 e. The van der Waals surface area contributed by atoms with Gasteiger partial charge in [-0.2, -0.15) is 12.2 Å². The van der Waals surface area contributed by atoms with Gasteiger partial charge in [0, 0.05) is 0 Å². The van der Waals surface area contributed by atoms with Gasteiger partial charge >= 0.3 is 41.0 Å². The molecule has 0 amide bonds. The zero-order valence-electron chi connectivity index (χ0n) is 11.5. The van der Waals surface area contributed by atoms with Crippen molar-refractivity contribution in [2.45, 2.75) is 40.5 Å². The SMILES string of the molecule is CC1=[C-]CC=C1.CC1=[C-]CC=C1.C[C](C)=[Hf+2].[Cl-].[Cl-]. The Morgan fingerprint density at radius 1 is 0.944 bits per heavy atom. The predicted octanol–water partition coefficient (Wildman–Crippen LogP) is -1.86. The van der Waals surface area contributed by atoms with Crippen molar-refractivity contribution >= 4 is 3.26 Å². The Bertz CT molecular complexity index is 299. The first-order valence-corrected chi connectivity index (χ1v) is 7.31. The van der Waals surface area contributed by atoms with E-state index in [-0.39, 0.29) is 24.8 Å². The van der Waals surface area contributed by atoms with E-state index < -0.39 is 0 Å². The molecule has 0 atom stereocenters. The number of halogens is 2. The fourth-order valence-electron chi connectivity index (χ4n) is 1.03. The molecule has 0 spiro atoms. The summed E-state index contributed by atoms with van der Waals surface area (Å²) in [6.45, 7) is 8.41. The zero-order valence-corrected chi connectivity index (χ0v) is 16.6. The molecule has 3 heteroatoms. The third-order valence-corrected chi connectivity index (χ3v) is 1.73. The Kier molecular flexibility index (Phi) is 19.9. The van der Waals surface area contributed by atoms with Gasteiger partial charge in [0.2, 0.25) is 0 Å². The van der Waals surface area contributed by atoms with Gasteiger partial charge < -0.3 is 24.8 Å². The maximum Gasteiger partial charge on any atom is -1.00 e. The molecule has 0 aromatic rings. The number of rotatable bonds is 0. The van der Waals surface area contributed by atoms with Crippen LogP contribution in [0.5, 0.6) is 0 Å². The van der Waals surface area contributed by atoms with Gasteiger partial charge in [0.05, 0.1) is 0 Å². The van der Waals surface area contributed by atoms with Crippen LogP contribution in [-0.2, 0) is 23.9 Å². The van der Waals surface area contributed by atoms with Gasteiger partial charge in [-0.3, -0.25) is 12.2 Å². The van der Waals surface area contributed by atoms with Crippen molar-refractivity contribution in [3.8, 4) is 0 Å². The van der Waals surface area contributed by atoms with E-state index in [0.29, 0.717) is 0 Å². The summed E-state index contributed by atoms with van der Waals surface area (Å²) in [6.07, 6.45) is 16.7. The summed E-state index contributed by atoms with van der Waals surface area (Å²) >= 11 is 1.27. The molecule has 2 aliphatic rings. The van der Waals surface area contributed by atoms with Crippen LogP contribution in [0.2, 0.25) is 0 Å². The Hall–Kier alpha value is 0.280. The molecule has 0 radical (unpaired) electrons. The predicted molar refractivity (Wildman–Crippen MR) is 68.7 cm³/mol. The molecule has 0 aromatic carbocycles. The Balaban J connectivity index is -0.000000182. The average molecular weight is 450 g/mol. The maximum absolute atomic E-state index is 3.12. The fraction of sp³-hybridized carbons (Fsp3) is 0.400. The van der Waals surface area contributed by atoms with Crippen molar-refractivity contribution in [2.24, 2.45) is 0 Å². The summed E-state index contributed by atoms with van der Waals surface area (Å²) in [5.74, 6) is 0. The monoisotopic (exact) mass is 450 g/mol.